The highest BCUT2D eigenvalue weighted by molar-refractivity contribution is 5.81. The number of carbonyl (C=O) groups is 1. The van der Waals surface area contributed by atoms with Gasteiger partial charge in [-0.15, -0.1) is 5.10 Å². The minimum absolute atomic E-state index is 0.273. The highest BCUT2D eigenvalue weighted by Gasteiger charge is 2.18. The molecule has 1 amide bonds. The molecule has 1 aromatic heterocycles. The van der Waals surface area contributed by atoms with E-state index in [0.717, 1.165) is 16.0 Å². The Kier molecular flexibility index (Phi) is 5.26. The number of aromatic nitrogens is 3. The molecule has 0 bridgehead atoms. The van der Waals surface area contributed by atoms with Crippen molar-refractivity contribution in [3.63, 3.8) is 0 Å². The van der Waals surface area contributed by atoms with E-state index in [1.54, 1.807) is 38.3 Å². The van der Waals surface area contributed by atoms with E-state index in [-0.39, 0.29) is 11.5 Å². The van der Waals surface area contributed by atoms with Crippen molar-refractivity contribution in [3.05, 3.63) is 64.4 Å². The number of carbonyl (C=O) groups excluding carboxylic acids is 1. The largest absolute Gasteiger partial charge is 0.497 e. The molecule has 1 heterocycles. The first-order valence-electron chi connectivity index (χ1n) is 8.35. The van der Waals surface area contributed by atoms with Crippen LogP contribution in [-0.4, -0.2) is 34.6 Å². The van der Waals surface area contributed by atoms with Crippen LogP contribution >= 0.6 is 0 Å². The number of benzene rings is 2. The molecule has 0 aliphatic heterocycles. The molecule has 0 radical (unpaired) electrons. The molecule has 7 nitrogen and oxygen atoms in total. The zero-order valence-electron chi connectivity index (χ0n) is 14.7. The Balaban J connectivity index is 1.64. The quantitative estimate of drug-likeness (QED) is 0.730. The Morgan fingerprint density at radius 1 is 1.19 bits per heavy atom. The number of hydrogen-bond acceptors (Lipinski definition) is 5. The van der Waals surface area contributed by atoms with E-state index in [2.05, 4.69) is 15.6 Å². The summed E-state index contributed by atoms with van der Waals surface area (Å²) in [6.07, 6.45) is 0.681. The van der Waals surface area contributed by atoms with E-state index < -0.39 is 6.04 Å². The maximum absolute atomic E-state index is 12.5. The van der Waals surface area contributed by atoms with Crippen LogP contribution in [0.5, 0.6) is 5.75 Å². The van der Waals surface area contributed by atoms with Gasteiger partial charge in [-0.05, 0) is 43.2 Å². The highest BCUT2D eigenvalue weighted by Crippen LogP contribution is 2.11. The van der Waals surface area contributed by atoms with Gasteiger partial charge in [-0.2, -0.15) is 4.68 Å². The summed E-state index contributed by atoms with van der Waals surface area (Å²) in [5, 5.41) is 11.2. The summed E-state index contributed by atoms with van der Waals surface area (Å²) in [5.41, 5.74) is 1.27. The third-order valence-corrected chi connectivity index (χ3v) is 4.21. The summed E-state index contributed by atoms with van der Waals surface area (Å²) < 4.78 is 6.24. The Morgan fingerprint density at radius 3 is 2.65 bits per heavy atom. The smallest absolute Gasteiger partial charge is 0.278 e. The van der Waals surface area contributed by atoms with Crippen LogP contribution in [0, 0.1) is 0 Å². The van der Waals surface area contributed by atoms with Crippen molar-refractivity contribution in [1.29, 1.82) is 0 Å². The van der Waals surface area contributed by atoms with Gasteiger partial charge in [0.15, 0.2) is 0 Å². The van der Waals surface area contributed by atoms with Crippen molar-refractivity contribution in [3.8, 4) is 5.75 Å². The molecule has 0 aliphatic rings. The molecule has 0 saturated carbocycles. The molecule has 3 aromatic rings. The van der Waals surface area contributed by atoms with E-state index in [4.69, 9.17) is 4.74 Å². The molecule has 3 rings (SSSR count). The first-order chi connectivity index (χ1) is 12.6. The lowest BCUT2D eigenvalue weighted by Crippen LogP contribution is -2.38. The fourth-order valence-electron chi connectivity index (χ4n) is 2.64. The first kappa shape index (κ1) is 17.6. The Labute approximate surface area is 150 Å². The number of rotatable bonds is 6. The van der Waals surface area contributed by atoms with Gasteiger partial charge < -0.3 is 10.1 Å². The van der Waals surface area contributed by atoms with E-state index in [1.165, 1.54) is 0 Å². The minimum Gasteiger partial charge on any atom is -0.497 e. The van der Waals surface area contributed by atoms with Crippen LogP contribution < -0.4 is 15.6 Å². The standard InChI is InChI=1S/C19H20N4O3/c1-13(23-19(25)16-5-3-4-6-17(16)21-22-23)18(24)20-12-11-14-7-9-15(26-2)10-8-14/h3-10,13H,11-12H2,1-2H3,(H,20,24)/t13-/m1/s1. The highest BCUT2D eigenvalue weighted by atomic mass is 16.5. The van der Waals surface area contributed by atoms with Gasteiger partial charge in [0, 0.05) is 6.54 Å². The van der Waals surface area contributed by atoms with Crippen LogP contribution in [-0.2, 0) is 11.2 Å². The Bertz CT molecular complexity index is 966. The lowest BCUT2D eigenvalue weighted by Gasteiger charge is -2.13. The van der Waals surface area contributed by atoms with Gasteiger partial charge in [-0.1, -0.05) is 29.5 Å². The van der Waals surface area contributed by atoms with Crippen LogP contribution in [0.2, 0.25) is 0 Å². The molecule has 0 fully saturated rings. The van der Waals surface area contributed by atoms with Gasteiger partial charge in [0.05, 0.1) is 12.5 Å². The number of methoxy groups -OCH3 is 1. The van der Waals surface area contributed by atoms with Gasteiger partial charge in [-0.3, -0.25) is 9.59 Å². The van der Waals surface area contributed by atoms with Crippen molar-refractivity contribution in [2.24, 2.45) is 0 Å². The summed E-state index contributed by atoms with van der Waals surface area (Å²) in [6.45, 7) is 2.10. The average molecular weight is 352 g/mol. The number of nitrogens with zero attached hydrogens (tertiary/aromatic N) is 3. The SMILES string of the molecule is COc1ccc(CCNC(=O)[C@@H](C)n2nnc3ccccc3c2=O)cc1. The molecule has 0 unspecified atom stereocenters. The molecule has 26 heavy (non-hydrogen) atoms. The van der Waals surface area contributed by atoms with E-state index in [1.807, 2.05) is 24.3 Å². The number of ether oxygens (including phenoxy) is 1. The molecule has 7 heteroatoms. The number of nitrogens with one attached hydrogen (secondary N) is 1. The average Bonchev–Trinajstić information content (AvgIpc) is 2.68. The monoisotopic (exact) mass is 352 g/mol. The fourth-order valence-corrected chi connectivity index (χ4v) is 2.64. The molecule has 0 aliphatic carbocycles. The third kappa shape index (κ3) is 3.72. The van der Waals surface area contributed by atoms with Crippen molar-refractivity contribution < 1.29 is 9.53 Å². The van der Waals surface area contributed by atoms with Crippen LogP contribution in [0.1, 0.15) is 18.5 Å². The summed E-state index contributed by atoms with van der Waals surface area (Å²) in [5.74, 6) is 0.519. The van der Waals surface area contributed by atoms with Crippen molar-refractivity contribution >= 4 is 16.8 Å². The van der Waals surface area contributed by atoms with Crippen LogP contribution in [0.4, 0.5) is 0 Å². The molecule has 134 valence electrons. The van der Waals surface area contributed by atoms with Crippen LogP contribution in [0.25, 0.3) is 10.9 Å². The predicted molar refractivity (Wildman–Crippen MR) is 98.2 cm³/mol. The lowest BCUT2D eigenvalue weighted by atomic mass is 10.1. The van der Waals surface area contributed by atoms with Gasteiger partial charge in [0.2, 0.25) is 5.91 Å². The molecule has 0 saturated heterocycles. The maximum Gasteiger partial charge on any atom is 0.278 e. The summed E-state index contributed by atoms with van der Waals surface area (Å²) in [7, 11) is 1.62. The van der Waals surface area contributed by atoms with Crippen LogP contribution in [0.3, 0.4) is 0 Å². The zero-order valence-corrected chi connectivity index (χ0v) is 14.7. The molecule has 0 spiro atoms. The third-order valence-electron chi connectivity index (χ3n) is 4.21. The van der Waals surface area contributed by atoms with Crippen molar-refractivity contribution in [1.82, 2.24) is 20.3 Å². The number of amides is 1. The van der Waals surface area contributed by atoms with Crippen LogP contribution in [0.15, 0.2) is 53.3 Å². The van der Waals surface area contributed by atoms with Gasteiger partial charge in [0.1, 0.15) is 17.3 Å². The summed E-state index contributed by atoms with van der Waals surface area (Å²) in [4.78, 5) is 24.9. The molecule has 2 aromatic carbocycles. The second-order valence-corrected chi connectivity index (χ2v) is 5.92. The lowest BCUT2D eigenvalue weighted by molar-refractivity contribution is -0.124. The van der Waals surface area contributed by atoms with Gasteiger partial charge in [-0.25, -0.2) is 0 Å². The predicted octanol–water partition coefficient (Wildman–Crippen LogP) is 1.72. The molecule has 1 atom stereocenters. The van der Waals surface area contributed by atoms with Gasteiger partial charge in [0.25, 0.3) is 5.56 Å². The first-order valence-corrected chi connectivity index (χ1v) is 8.35. The topological polar surface area (TPSA) is 86.1 Å². The second-order valence-electron chi connectivity index (χ2n) is 5.92. The molecular formula is C19H20N4O3. The second kappa shape index (κ2) is 7.77. The van der Waals surface area contributed by atoms with E-state index in [0.29, 0.717) is 23.9 Å². The Morgan fingerprint density at radius 2 is 1.92 bits per heavy atom. The van der Waals surface area contributed by atoms with Gasteiger partial charge >= 0.3 is 0 Å². The normalized spacial score (nSPS) is 11.9. The fraction of sp³-hybridized carbons (Fsp3) is 0.263. The maximum atomic E-state index is 12.5. The minimum atomic E-state index is -0.740. The van der Waals surface area contributed by atoms with E-state index in [9.17, 15) is 9.59 Å². The van der Waals surface area contributed by atoms with Crippen molar-refractivity contribution in [2.45, 2.75) is 19.4 Å². The summed E-state index contributed by atoms with van der Waals surface area (Å²) in [6, 6.07) is 13.9. The zero-order chi connectivity index (χ0) is 18.5. The number of fused-ring (bicyclic) bond motifs is 1. The van der Waals surface area contributed by atoms with E-state index >= 15 is 0 Å². The number of hydrogen-bond donors (Lipinski definition) is 1. The summed E-state index contributed by atoms with van der Waals surface area (Å²) >= 11 is 0. The Hall–Kier alpha value is -3.22. The van der Waals surface area contributed by atoms with Crippen molar-refractivity contribution in [2.75, 3.05) is 13.7 Å². The molecule has 1 N–H and O–H groups in total. The molecular weight excluding hydrogens is 332 g/mol.